The number of benzene rings is 1. The Morgan fingerprint density at radius 1 is 1.27 bits per heavy atom. The second kappa shape index (κ2) is 5.99. The van der Waals surface area contributed by atoms with E-state index in [-0.39, 0.29) is 11.2 Å². The molecule has 0 spiro atoms. The van der Waals surface area contributed by atoms with Gasteiger partial charge in [-0.3, -0.25) is 4.79 Å². The molecular weight excluding hydrogens is 296 g/mol. The first-order chi connectivity index (χ1) is 10.2. The molecule has 1 aromatic rings. The average molecular weight is 320 g/mol. The van der Waals surface area contributed by atoms with Crippen molar-refractivity contribution >= 4 is 21.7 Å². The lowest BCUT2D eigenvalue weighted by molar-refractivity contribution is -0.123. The van der Waals surface area contributed by atoms with Crippen molar-refractivity contribution in [1.29, 1.82) is 0 Å². The highest BCUT2D eigenvalue weighted by Gasteiger charge is 2.45. The topological polar surface area (TPSA) is 51.2 Å². The van der Waals surface area contributed by atoms with Crippen LogP contribution in [0, 0.1) is 11.3 Å². The summed E-state index contributed by atoms with van der Waals surface area (Å²) in [5, 5.41) is 0. The standard InChI is InChI=1S/C18H24O3S/c1-5-10-18(3)13(2)11-15(17(18)19)12-14-6-8-16(9-7-14)22(4,20)21/h6-9,12-13H,5,10-11H2,1-4H3/b15-12+. The highest BCUT2D eigenvalue weighted by molar-refractivity contribution is 7.90. The van der Waals surface area contributed by atoms with Crippen molar-refractivity contribution in [3.05, 3.63) is 35.4 Å². The minimum Gasteiger partial charge on any atom is -0.294 e. The Morgan fingerprint density at radius 2 is 1.86 bits per heavy atom. The molecule has 22 heavy (non-hydrogen) atoms. The third-order valence-corrected chi connectivity index (χ3v) is 5.97. The molecule has 2 rings (SSSR count). The molecule has 4 heteroatoms. The lowest BCUT2D eigenvalue weighted by Crippen LogP contribution is -2.27. The first-order valence-corrected chi connectivity index (χ1v) is 9.63. The van der Waals surface area contributed by atoms with E-state index in [2.05, 4.69) is 20.8 Å². The molecule has 1 aromatic carbocycles. The summed E-state index contributed by atoms with van der Waals surface area (Å²) in [6.07, 6.45) is 5.81. The van der Waals surface area contributed by atoms with E-state index in [0.717, 1.165) is 30.4 Å². The summed E-state index contributed by atoms with van der Waals surface area (Å²) in [5.41, 5.74) is 1.48. The van der Waals surface area contributed by atoms with Gasteiger partial charge in [0.25, 0.3) is 0 Å². The summed E-state index contributed by atoms with van der Waals surface area (Å²) in [7, 11) is -3.18. The number of carbonyl (C=O) groups is 1. The highest BCUT2D eigenvalue weighted by atomic mass is 32.2. The highest BCUT2D eigenvalue weighted by Crippen LogP contribution is 2.46. The predicted octanol–water partition coefficient (Wildman–Crippen LogP) is 3.89. The molecule has 0 radical (unpaired) electrons. The van der Waals surface area contributed by atoms with Crippen molar-refractivity contribution in [2.24, 2.45) is 11.3 Å². The van der Waals surface area contributed by atoms with Crippen LogP contribution in [0.1, 0.15) is 45.6 Å². The normalized spacial score (nSPS) is 27.5. The van der Waals surface area contributed by atoms with Gasteiger partial charge in [0, 0.05) is 11.7 Å². The second-order valence-electron chi connectivity index (χ2n) is 6.61. The van der Waals surface area contributed by atoms with Gasteiger partial charge in [-0.25, -0.2) is 8.42 Å². The predicted molar refractivity (Wildman–Crippen MR) is 89.3 cm³/mol. The zero-order chi connectivity index (χ0) is 16.5. The number of rotatable bonds is 4. The summed E-state index contributed by atoms with van der Waals surface area (Å²) in [6.45, 7) is 6.31. The number of hydrogen-bond donors (Lipinski definition) is 0. The van der Waals surface area contributed by atoms with E-state index in [1.165, 1.54) is 6.26 Å². The van der Waals surface area contributed by atoms with Crippen molar-refractivity contribution < 1.29 is 13.2 Å². The fourth-order valence-corrected chi connectivity index (χ4v) is 3.89. The van der Waals surface area contributed by atoms with Crippen molar-refractivity contribution in [2.45, 2.75) is 44.9 Å². The van der Waals surface area contributed by atoms with Crippen LogP contribution in [0.3, 0.4) is 0 Å². The van der Waals surface area contributed by atoms with Gasteiger partial charge in [-0.2, -0.15) is 0 Å². The zero-order valence-electron chi connectivity index (χ0n) is 13.7. The SMILES string of the molecule is CCCC1(C)C(=O)/C(=C/c2ccc(S(C)(=O)=O)cc2)CC1C. The van der Waals surface area contributed by atoms with Gasteiger partial charge in [0.2, 0.25) is 0 Å². The van der Waals surface area contributed by atoms with E-state index in [1.807, 2.05) is 6.08 Å². The molecule has 1 fully saturated rings. The largest absolute Gasteiger partial charge is 0.294 e. The molecule has 2 atom stereocenters. The van der Waals surface area contributed by atoms with Crippen LogP contribution in [0.5, 0.6) is 0 Å². The van der Waals surface area contributed by atoms with Crippen LogP contribution in [0.2, 0.25) is 0 Å². The Hall–Kier alpha value is -1.42. The summed E-state index contributed by atoms with van der Waals surface area (Å²) >= 11 is 0. The summed E-state index contributed by atoms with van der Waals surface area (Å²) < 4.78 is 22.9. The smallest absolute Gasteiger partial charge is 0.175 e. The average Bonchev–Trinajstić information content (AvgIpc) is 2.64. The molecule has 0 aliphatic heterocycles. The number of allylic oxidation sites excluding steroid dienone is 1. The van der Waals surface area contributed by atoms with Gasteiger partial charge in [-0.1, -0.05) is 39.3 Å². The van der Waals surface area contributed by atoms with Crippen LogP contribution >= 0.6 is 0 Å². The zero-order valence-corrected chi connectivity index (χ0v) is 14.5. The fourth-order valence-electron chi connectivity index (χ4n) is 3.25. The second-order valence-corrected chi connectivity index (χ2v) is 8.63. The molecular formula is C18H24O3S. The van der Waals surface area contributed by atoms with E-state index >= 15 is 0 Å². The van der Waals surface area contributed by atoms with Gasteiger partial charge >= 0.3 is 0 Å². The fraction of sp³-hybridized carbons (Fsp3) is 0.500. The van der Waals surface area contributed by atoms with E-state index in [1.54, 1.807) is 24.3 Å². The monoisotopic (exact) mass is 320 g/mol. The number of Topliss-reactive ketones (excluding diaryl/α,β-unsaturated/α-hetero) is 1. The van der Waals surface area contributed by atoms with E-state index < -0.39 is 9.84 Å². The lowest BCUT2D eigenvalue weighted by atomic mass is 9.76. The maximum atomic E-state index is 12.7. The van der Waals surface area contributed by atoms with E-state index in [0.29, 0.717) is 10.8 Å². The summed E-state index contributed by atoms with van der Waals surface area (Å²) in [6, 6.07) is 6.71. The van der Waals surface area contributed by atoms with Crippen molar-refractivity contribution in [3.63, 3.8) is 0 Å². The van der Waals surface area contributed by atoms with Gasteiger partial charge in [0.1, 0.15) is 0 Å². The lowest BCUT2D eigenvalue weighted by Gasteiger charge is -2.26. The molecule has 0 heterocycles. The van der Waals surface area contributed by atoms with Gasteiger partial charge < -0.3 is 0 Å². The Balaban J connectivity index is 2.29. The summed E-state index contributed by atoms with van der Waals surface area (Å²) in [4.78, 5) is 13.0. The molecule has 3 nitrogen and oxygen atoms in total. The Morgan fingerprint density at radius 3 is 2.36 bits per heavy atom. The number of ketones is 1. The molecule has 2 unspecified atom stereocenters. The maximum absolute atomic E-state index is 12.7. The van der Waals surface area contributed by atoms with Crippen LogP contribution in [0.15, 0.2) is 34.7 Å². The molecule has 1 aliphatic rings. The third kappa shape index (κ3) is 3.17. The maximum Gasteiger partial charge on any atom is 0.175 e. The molecule has 0 aromatic heterocycles. The molecule has 0 bridgehead atoms. The first kappa shape index (κ1) is 16.9. The summed E-state index contributed by atoms with van der Waals surface area (Å²) in [5.74, 6) is 0.593. The van der Waals surface area contributed by atoms with Crippen LogP contribution in [-0.2, 0) is 14.6 Å². The minimum absolute atomic E-state index is 0.244. The Bertz CT molecular complexity index is 698. The van der Waals surface area contributed by atoms with Gasteiger partial charge in [0.05, 0.1) is 4.90 Å². The van der Waals surface area contributed by atoms with Crippen LogP contribution in [-0.4, -0.2) is 20.5 Å². The molecule has 0 amide bonds. The molecule has 1 saturated carbocycles. The number of hydrogen-bond acceptors (Lipinski definition) is 3. The van der Waals surface area contributed by atoms with E-state index in [4.69, 9.17) is 0 Å². The molecule has 120 valence electrons. The van der Waals surface area contributed by atoms with Crippen LogP contribution in [0.25, 0.3) is 6.08 Å². The van der Waals surface area contributed by atoms with E-state index in [9.17, 15) is 13.2 Å². The minimum atomic E-state index is -3.18. The molecule has 0 saturated heterocycles. The molecule has 1 aliphatic carbocycles. The van der Waals surface area contributed by atoms with Crippen molar-refractivity contribution in [1.82, 2.24) is 0 Å². The van der Waals surface area contributed by atoms with Crippen molar-refractivity contribution in [2.75, 3.05) is 6.26 Å². The quantitative estimate of drug-likeness (QED) is 0.791. The third-order valence-electron chi connectivity index (χ3n) is 4.84. The van der Waals surface area contributed by atoms with Crippen LogP contribution in [0.4, 0.5) is 0 Å². The van der Waals surface area contributed by atoms with Gasteiger partial charge in [-0.15, -0.1) is 0 Å². The Labute approximate surface area is 133 Å². The molecule has 0 N–H and O–H groups in total. The number of carbonyl (C=O) groups excluding carboxylic acids is 1. The Kier molecular flexibility index (Phi) is 4.62. The first-order valence-electron chi connectivity index (χ1n) is 7.74. The van der Waals surface area contributed by atoms with Crippen molar-refractivity contribution in [3.8, 4) is 0 Å². The van der Waals surface area contributed by atoms with Crippen LogP contribution < -0.4 is 0 Å². The number of sulfone groups is 1. The van der Waals surface area contributed by atoms with Gasteiger partial charge in [0.15, 0.2) is 15.6 Å². The van der Waals surface area contributed by atoms with Gasteiger partial charge in [-0.05, 0) is 48.1 Å².